The number of ether oxygens (including phenoxy) is 1. The Morgan fingerprint density at radius 1 is 1.06 bits per heavy atom. The number of benzene rings is 1. The van der Waals surface area contributed by atoms with Gasteiger partial charge in [-0.3, -0.25) is 0 Å². The fraction of sp³-hybridized carbons (Fsp3) is 0.400. The van der Waals surface area contributed by atoms with Gasteiger partial charge in [-0.25, -0.2) is 0 Å². The lowest BCUT2D eigenvalue weighted by Crippen LogP contribution is -2.28. The van der Waals surface area contributed by atoms with Gasteiger partial charge in [0.2, 0.25) is 0 Å². The molecule has 0 aliphatic heterocycles. The van der Waals surface area contributed by atoms with Crippen LogP contribution in [0.1, 0.15) is 5.56 Å². The van der Waals surface area contributed by atoms with Gasteiger partial charge in [-0.2, -0.15) is 13.2 Å². The van der Waals surface area contributed by atoms with Crippen LogP contribution in [0.5, 0.6) is 5.75 Å². The molecule has 0 radical (unpaired) electrons. The standard InChI is InChI=1S/C10H9F6NO/c11-9(12,13)6-17-5-7-2-1-3-8(4-7)18-10(14,15)16/h1-4,17H,5-6H2. The van der Waals surface area contributed by atoms with E-state index in [1.807, 2.05) is 0 Å². The summed E-state index contributed by atoms with van der Waals surface area (Å²) in [5, 5.41) is 2.07. The first-order chi connectivity index (χ1) is 8.16. The van der Waals surface area contributed by atoms with Gasteiger partial charge in [-0.1, -0.05) is 12.1 Å². The highest BCUT2D eigenvalue weighted by Gasteiger charge is 2.31. The molecule has 0 saturated heterocycles. The smallest absolute Gasteiger partial charge is 0.406 e. The molecule has 2 nitrogen and oxygen atoms in total. The Kier molecular flexibility index (Phi) is 4.44. The maximum absolute atomic E-state index is 11.9. The number of alkyl halides is 6. The van der Waals surface area contributed by atoms with Gasteiger partial charge in [0, 0.05) is 6.54 Å². The van der Waals surface area contributed by atoms with Crippen LogP contribution in [0.4, 0.5) is 26.3 Å². The Labute approximate surface area is 98.5 Å². The van der Waals surface area contributed by atoms with Gasteiger partial charge in [0.05, 0.1) is 6.54 Å². The van der Waals surface area contributed by atoms with E-state index >= 15 is 0 Å². The molecule has 102 valence electrons. The van der Waals surface area contributed by atoms with E-state index in [0.717, 1.165) is 12.1 Å². The number of hydrogen-bond donors (Lipinski definition) is 1. The van der Waals surface area contributed by atoms with Crippen LogP contribution in [0.15, 0.2) is 24.3 Å². The SMILES string of the molecule is FC(F)(F)CNCc1cccc(OC(F)(F)F)c1. The van der Waals surface area contributed by atoms with Crippen molar-refractivity contribution in [3.8, 4) is 5.75 Å². The minimum Gasteiger partial charge on any atom is -0.406 e. The number of rotatable bonds is 4. The topological polar surface area (TPSA) is 21.3 Å². The van der Waals surface area contributed by atoms with Crippen molar-refractivity contribution >= 4 is 0 Å². The van der Waals surface area contributed by atoms with Crippen LogP contribution in [0.3, 0.4) is 0 Å². The highest BCUT2D eigenvalue weighted by Crippen LogP contribution is 2.23. The van der Waals surface area contributed by atoms with Gasteiger partial charge >= 0.3 is 12.5 Å². The summed E-state index contributed by atoms with van der Waals surface area (Å²) in [6, 6.07) is 4.76. The quantitative estimate of drug-likeness (QED) is 0.850. The summed E-state index contributed by atoms with van der Waals surface area (Å²) >= 11 is 0. The van der Waals surface area contributed by atoms with Crippen molar-refractivity contribution in [3.05, 3.63) is 29.8 Å². The number of nitrogens with one attached hydrogen (secondary N) is 1. The zero-order valence-electron chi connectivity index (χ0n) is 8.90. The first-order valence-electron chi connectivity index (χ1n) is 4.78. The lowest BCUT2D eigenvalue weighted by atomic mass is 10.2. The average Bonchev–Trinajstić information content (AvgIpc) is 2.13. The third kappa shape index (κ3) is 6.33. The average molecular weight is 273 g/mol. The van der Waals surface area contributed by atoms with Gasteiger partial charge in [-0.15, -0.1) is 13.2 Å². The van der Waals surface area contributed by atoms with Gasteiger partial charge in [0.1, 0.15) is 5.75 Å². The van der Waals surface area contributed by atoms with E-state index in [1.54, 1.807) is 0 Å². The van der Waals surface area contributed by atoms with E-state index in [2.05, 4.69) is 10.1 Å². The third-order valence-electron chi connectivity index (χ3n) is 1.79. The second kappa shape index (κ2) is 5.47. The van der Waals surface area contributed by atoms with Crippen molar-refractivity contribution in [2.45, 2.75) is 19.1 Å². The highest BCUT2D eigenvalue weighted by molar-refractivity contribution is 5.28. The molecule has 0 unspecified atom stereocenters. The van der Waals surface area contributed by atoms with Crippen LogP contribution in [0.2, 0.25) is 0 Å². The molecule has 0 bridgehead atoms. The van der Waals surface area contributed by atoms with E-state index in [1.165, 1.54) is 12.1 Å². The summed E-state index contributed by atoms with van der Waals surface area (Å²) in [5.41, 5.74) is 0.265. The molecule has 1 rings (SSSR count). The lowest BCUT2D eigenvalue weighted by molar-refractivity contribution is -0.274. The van der Waals surface area contributed by atoms with Gasteiger partial charge in [0.15, 0.2) is 0 Å². The van der Waals surface area contributed by atoms with Crippen LogP contribution in [0, 0.1) is 0 Å². The molecule has 18 heavy (non-hydrogen) atoms. The molecule has 0 spiro atoms. The molecule has 1 aromatic carbocycles. The predicted octanol–water partition coefficient (Wildman–Crippen LogP) is 3.24. The van der Waals surface area contributed by atoms with Crippen molar-refractivity contribution in [1.29, 1.82) is 0 Å². The van der Waals surface area contributed by atoms with Crippen molar-refractivity contribution in [3.63, 3.8) is 0 Å². The Bertz CT molecular complexity index is 387. The highest BCUT2D eigenvalue weighted by atomic mass is 19.4. The zero-order valence-corrected chi connectivity index (χ0v) is 8.90. The molecule has 0 atom stereocenters. The maximum Gasteiger partial charge on any atom is 0.573 e. The summed E-state index contributed by atoms with van der Waals surface area (Å²) in [7, 11) is 0. The van der Waals surface area contributed by atoms with Crippen molar-refractivity contribution in [2.75, 3.05) is 6.54 Å². The summed E-state index contributed by atoms with van der Waals surface area (Å²) in [6.07, 6.45) is -9.18. The summed E-state index contributed by atoms with van der Waals surface area (Å²) in [5.74, 6) is -0.464. The van der Waals surface area contributed by atoms with Gasteiger partial charge in [0.25, 0.3) is 0 Å². The molecule has 1 aromatic rings. The number of halogens is 6. The van der Waals surface area contributed by atoms with E-state index in [-0.39, 0.29) is 12.1 Å². The molecule has 0 amide bonds. The molecular formula is C10H9F6NO. The van der Waals surface area contributed by atoms with E-state index in [0.29, 0.717) is 0 Å². The first-order valence-corrected chi connectivity index (χ1v) is 4.78. The Hall–Kier alpha value is -1.44. The van der Waals surface area contributed by atoms with Crippen LogP contribution < -0.4 is 10.1 Å². The second-order valence-electron chi connectivity index (χ2n) is 3.41. The van der Waals surface area contributed by atoms with Crippen molar-refractivity contribution < 1.29 is 31.1 Å². The maximum atomic E-state index is 11.9. The molecule has 0 aliphatic carbocycles. The van der Waals surface area contributed by atoms with Gasteiger partial charge < -0.3 is 10.1 Å². The van der Waals surface area contributed by atoms with Crippen LogP contribution in [-0.2, 0) is 6.54 Å². The summed E-state index contributed by atoms with van der Waals surface area (Å²) in [4.78, 5) is 0. The molecule has 8 heteroatoms. The van der Waals surface area contributed by atoms with E-state index < -0.39 is 24.8 Å². The molecule has 0 heterocycles. The van der Waals surface area contributed by atoms with Crippen LogP contribution >= 0.6 is 0 Å². The Morgan fingerprint density at radius 3 is 2.28 bits per heavy atom. The minimum atomic E-state index is -4.82. The molecular weight excluding hydrogens is 264 g/mol. The normalized spacial score (nSPS) is 12.6. The van der Waals surface area contributed by atoms with Crippen molar-refractivity contribution in [1.82, 2.24) is 5.32 Å². The van der Waals surface area contributed by atoms with E-state index in [9.17, 15) is 26.3 Å². The van der Waals surface area contributed by atoms with E-state index in [4.69, 9.17) is 0 Å². The summed E-state index contributed by atoms with van der Waals surface area (Å²) < 4.78 is 74.8. The first kappa shape index (κ1) is 14.6. The molecule has 0 aliphatic rings. The monoisotopic (exact) mass is 273 g/mol. The molecule has 0 fully saturated rings. The minimum absolute atomic E-state index is 0.200. The molecule has 0 saturated carbocycles. The molecule has 1 N–H and O–H groups in total. The van der Waals surface area contributed by atoms with Crippen molar-refractivity contribution in [2.24, 2.45) is 0 Å². The largest absolute Gasteiger partial charge is 0.573 e. The lowest BCUT2D eigenvalue weighted by Gasteiger charge is -2.11. The third-order valence-corrected chi connectivity index (χ3v) is 1.79. The Balaban J connectivity index is 2.55. The van der Waals surface area contributed by atoms with Crippen LogP contribution in [0.25, 0.3) is 0 Å². The fourth-order valence-corrected chi connectivity index (χ4v) is 1.20. The summed E-state index contributed by atoms with van der Waals surface area (Å²) in [6.45, 7) is -1.41. The Morgan fingerprint density at radius 2 is 1.72 bits per heavy atom. The molecule has 0 aromatic heterocycles. The second-order valence-corrected chi connectivity index (χ2v) is 3.41. The number of hydrogen-bond acceptors (Lipinski definition) is 2. The van der Waals surface area contributed by atoms with Gasteiger partial charge in [-0.05, 0) is 17.7 Å². The fourth-order valence-electron chi connectivity index (χ4n) is 1.20. The van der Waals surface area contributed by atoms with Crippen LogP contribution in [-0.4, -0.2) is 19.1 Å². The zero-order chi connectivity index (χ0) is 13.8. The predicted molar refractivity (Wildman–Crippen MR) is 50.9 cm³/mol.